The standard InChI is InChI=1S/C21H28N2O3/c1-25-19-6-5-17(13-20(19)26-2)21(24)23-9-7-22(8-10-23)14-18-12-15-3-4-16(18)11-15/h3-6,13,15-16,18H,7-12,14H2,1-2H3/t15-,16+,18-/m0/s1. The Balaban J connectivity index is 1.33. The van der Waals surface area contributed by atoms with Gasteiger partial charge in [0.05, 0.1) is 14.2 Å². The van der Waals surface area contributed by atoms with Gasteiger partial charge < -0.3 is 14.4 Å². The molecule has 3 atom stereocenters. The summed E-state index contributed by atoms with van der Waals surface area (Å²) in [7, 11) is 3.19. The molecule has 1 aromatic rings. The third-order valence-corrected chi connectivity index (χ3v) is 6.20. The normalized spacial score (nSPS) is 27.8. The number of carbonyl (C=O) groups is 1. The van der Waals surface area contributed by atoms with Gasteiger partial charge >= 0.3 is 0 Å². The van der Waals surface area contributed by atoms with Gasteiger partial charge in [-0.15, -0.1) is 0 Å². The van der Waals surface area contributed by atoms with E-state index in [0.29, 0.717) is 17.1 Å². The summed E-state index contributed by atoms with van der Waals surface area (Å²) in [6.07, 6.45) is 7.55. The Morgan fingerprint density at radius 3 is 2.42 bits per heavy atom. The van der Waals surface area contributed by atoms with Gasteiger partial charge in [0.1, 0.15) is 0 Å². The number of nitrogens with zero attached hydrogens (tertiary/aromatic N) is 2. The second kappa shape index (κ2) is 7.31. The van der Waals surface area contributed by atoms with E-state index in [0.717, 1.165) is 43.9 Å². The number of benzene rings is 1. The molecule has 0 spiro atoms. The van der Waals surface area contributed by atoms with Crippen LogP contribution in [0.25, 0.3) is 0 Å². The lowest BCUT2D eigenvalue weighted by atomic mass is 9.93. The summed E-state index contributed by atoms with van der Waals surface area (Å²) in [6, 6.07) is 5.39. The number of methoxy groups -OCH3 is 2. The van der Waals surface area contributed by atoms with E-state index >= 15 is 0 Å². The first-order valence-electron chi connectivity index (χ1n) is 9.60. The smallest absolute Gasteiger partial charge is 0.254 e. The van der Waals surface area contributed by atoms with Crippen molar-refractivity contribution in [2.75, 3.05) is 46.9 Å². The van der Waals surface area contributed by atoms with Gasteiger partial charge in [-0.05, 0) is 48.8 Å². The molecule has 1 heterocycles. The monoisotopic (exact) mass is 356 g/mol. The number of hydrogen-bond donors (Lipinski definition) is 0. The zero-order valence-electron chi connectivity index (χ0n) is 15.7. The first kappa shape index (κ1) is 17.4. The summed E-state index contributed by atoms with van der Waals surface area (Å²) in [5.74, 6) is 3.77. The van der Waals surface area contributed by atoms with Crippen molar-refractivity contribution in [3.8, 4) is 11.5 Å². The minimum absolute atomic E-state index is 0.0773. The number of hydrogen-bond acceptors (Lipinski definition) is 4. The van der Waals surface area contributed by atoms with Crippen molar-refractivity contribution < 1.29 is 14.3 Å². The molecule has 26 heavy (non-hydrogen) atoms. The first-order chi connectivity index (χ1) is 12.7. The number of allylic oxidation sites excluding steroid dienone is 2. The molecule has 2 aliphatic carbocycles. The fraction of sp³-hybridized carbons (Fsp3) is 0.571. The Bertz CT molecular complexity index is 694. The Morgan fingerprint density at radius 2 is 1.81 bits per heavy atom. The second-order valence-electron chi connectivity index (χ2n) is 7.70. The van der Waals surface area contributed by atoms with Crippen molar-refractivity contribution in [2.45, 2.75) is 12.8 Å². The number of carbonyl (C=O) groups excluding carboxylic acids is 1. The van der Waals surface area contributed by atoms with Crippen LogP contribution in [0.3, 0.4) is 0 Å². The quantitative estimate of drug-likeness (QED) is 0.761. The van der Waals surface area contributed by atoms with Crippen molar-refractivity contribution >= 4 is 5.91 Å². The molecule has 140 valence electrons. The largest absolute Gasteiger partial charge is 0.493 e. The molecule has 1 saturated heterocycles. The van der Waals surface area contributed by atoms with Crippen LogP contribution in [0.5, 0.6) is 11.5 Å². The molecule has 0 radical (unpaired) electrons. The van der Waals surface area contributed by atoms with E-state index in [1.807, 2.05) is 11.0 Å². The van der Waals surface area contributed by atoms with Crippen LogP contribution in [0.1, 0.15) is 23.2 Å². The van der Waals surface area contributed by atoms with Crippen LogP contribution in [0.15, 0.2) is 30.4 Å². The van der Waals surface area contributed by atoms with E-state index in [2.05, 4.69) is 17.1 Å². The molecule has 2 bridgehead atoms. The Morgan fingerprint density at radius 1 is 1.04 bits per heavy atom. The van der Waals surface area contributed by atoms with Crippen molar-refractivity contribution in [3.05, 3.63) is 35.9 Å². The van der Waals surface area contributed by atoms with E-state index in [-0.39, 0.29) is 5.91 Å². The maximum atomic E-state index is 12.8. The molecule has 5 heteroatoms. The minimum atomic E-state index is 0.0773. The van der Waals surface area contributed by atoms with Crippen LogP contribution >= 0.6 is 0 Å². The lowest BCUT2D eigenvalue weighted by Gasteiger charge is -2.37. The van der Waals surface area contributed by atoms with Crippen molar-refractivity contribution in [3.63, 3.8) is 0 Å². The average molecular weight is 356 g/mol. The highest BCUT2D eigenvalue weighted by atomic mass is 16.5. The second-order valence-corrected chi connectivity index (χ2v) is 7.70. The fourth-order valence-electron chi connectivity index (χ4n) is 4.72. The Hall–Kier alpha value is -2.01. The summed E-state index contributed by atoms with van der Waals surface area (Å²) in [5, 5.41) is 0. The zero-order chi connectivity index (χ0) is 18.1. The SMILES string of the molecule is COc1ccc(C(=O)N2CCN(C[C@@H]3C[C@H]4C=C[C@@H]3C4)CC2)cc1OC. The van der Waals surface area contributed by atoms with E-state index in [4.69, 9.17) is 9.47 Å². The molecule has 2 fully saturated rings. The van der Waals surface area contributed by atoms with Gasteiger partial charge in [-0.2, -0.15) is 0 Å². The van der Waals surface area contributed by atoms with E-state index in [1.165, 1.54) is 19.4 Å². The van der Waals surface area contributed by atoms with Crippen LogP contribution in [0, 0.1) is 17.8 Å². The third-order valence-electron chi connectivity index (χ3n) is 6.20. The summed E-state index contributed by atoms with van der Waals surface area (Å²) < 4.78 is 10.6. The first-order valence-corrected chi connectivity index (χ1v) is 9.60. The Labute approximate surface area is 155 Å². The van der Waals surface area contributed by atoms with Gasteiger partial charge in [0.15, 0.2) is 11.5 Å². The third kappa shape index (κ3) is 3.32. The molecule has 1 aliphatic heterocycles. The predicted octanol–water partition coefficient (Wildman–Crippen LogP) is 2.67. The maximum absolute atomic E-state index is 12.8. The molecule has 0 N–H and O–H groups in total. The lowest BCUT2D eigenvalue weighted by Crippen LogP contribution is -2.50. The van der Waals surface area contributed by atoms with Crippen molar-refractivity contribution in [2.24, 2.45) is 17.8 Å². The molecule has 1 saturated carbocycles. The zero-order valence-corrected chi connectivity index (χ0v) is 15.7. The molecule has 3 aliphatic rings. The number of amides is 1. The number of rotatable bonds is 5. The molecule has 4 rings (SSSR count). The van der Waals surface area contributed by atoms with E-state index in [1.54, 1.807) is 26.4 Å². The van der Waals surface area contributed by atoms with Crippen LogP contribution in [0.2, 0.25) is 0 Å². The molecular formula is C21H28N2O3. The van der Waals surface area contributed by atoms with Crippen molar-refractivity contribution in [1.82, 2.24) is 9.80 Å². The highest BCUT2D eigenvalue weighted by Gasteiger charge is 2.36. The van der Waals surface area contributed by atoms with Crippen LogP contribution in [-0.4, -0.2) is 62.7 Å². The van der Waals surface area contributed by atoms with Gasteiger partial charge in [0.25, 0.3) is 5.91 Å². The van der Waals surface area contributed by atoms with Gasteiger partial charge in [0, 0.05) is 38.3 Å². The molecule has 0 aromatic heterocycles. The summed E-state index contributed by atoms with van der Waals surface area (Å²) in [5.41, 5.74) is 0.661. The lowest BCUT2D eigenvalue weighted by molar-refractivity contribution is 0.0610. The van der Waals surface area contributed by atoms with Gasteiger partial charge in [-0.1, -0.05) is 12.2 Å². The molecule has 1 aromatic carbocycles. The topological polar surface area (TPSA) is 42.0 Å². The Kier molecular flexibility index (Phi) is 4.90. The van der Waals surface area contributed by atoms with Crippen LogP contribution < -0.4 is 9.47 Å². The number of fused-ring (bicyclic) bond motifs is 2. The van der Waals surface area contributed by atoms with Crippen LogP contribution in [0.4, 0.5) is 0 Å². The fourth-order valence-corrected chi connectivity index (χ4v) is 4.72. The molecule has 1 amide bonds. The molecule has 0 unspecified atom stereocenters. The molecule has 5 nitrogen and oxygen atoms in total. The molecular weight excluding hydrogens is 328 g/mol. The summed E-state index contributed by atoms with van der Waals surface area (Å²) in [4.78, 5) is 17.3. The summed E-state index contributed by atoms with van der Waals surface area (Å²) in [6.45, 7) is 4.71. The van der Waals surface area contributed by atoms with Crippen LogP contribution in [-0.2, 0) is 0 Å². The van der Waals surface area contributed by atoms with Gasteiger partial charge in [-0.3, -0.25) is 9.69 Å². The van der Waals surface area contributed by atoms with Gasteiger partial charge in [-0.25, -0.2) is 0 Å². The number of ether oxygens (including phenoxy) is 2. The summed E-state index contributed by atoms with van der Waals surface area (Å²) >= 11 is 0. The average Bonchev–Trinajstić information content (AvgIpc) is 3.30. The van der Waals surface area contributed by atoms with E-state index in [9.17, 15) is 4.79 Å². The highest BCUT2D eigenvalue weighted by Crippen LogP contribution is 2.43. The number of piperazine rings is 1. The maximum Gasteiger partial charge on any atom is 0.254 e. The van der Waals surface area contributed by atoms with Gasteiger partial charge in [0.2, 0.25) is 0 Å². The minimum Gasteiger partial charge on any atom is -0.493 e. The highest BCUT2D eigenvalue weighted by molar-refractivity contribution is 5.95. The predicted molar refractivity (Wildman–Crippen MR) is 101 cm³/mol. The van der Waals surface area contributed by atoms with Crippen molar-refractivity contribution in [1.29, 1.82) is 0 Å². The van der Waals surface area contributed by atoms with E-state index < -0.39 is 0 Å².